The van der Waals surface area contributed by atoms with Crippen molar-refractivity contribution in [1.82, 2.24) is 0 Å². The Morgan fingerprint density at radius 3 is 2.94 bits per heavy atom. The molecule has 2 rings (SSSR count). The van der Waals surface area contributed by atoms with Gasteiger partial charge in [0.05, 0.1) is 11.8 Å². The fourth-order valence-corrected chi connectivity index (χ4v) is 2.42. The van der Waals surface area contributed by atoms with Gasteiger partial charge in [-0.25, -0.2) is 0 Å². The molecule has 1 aliphatic rings. The molecule has 0 atom stereocenters. The van der Waals surface area contributed by atoms with E-state index in [0.717, 1.165) is 34.6 Å². The molecule has 0 amide bonds. The van der Waals surface area contributed by atoms with Gasteiger partial charge in [-0.3, -0.25) is 0 Å². The average molecular weight is 305 g/mol. The van der Waals surface area contributed by atoms with Crippen molar-refractivity contribution in [1.29, 1.82) is 0 Å². The maximum atomic E-state index is 5.95. The number of hydrogen-bond donors (Lipinski definition) is 1. The minimum Gasteiger partial charge on any atom is -0.381 e. The van der Waals surface area contributed by atoms with Gasteiger partial charge >= 0.3 is 0 Å². The van der Waals surface area contributed by atoms with E-state index in [0.29, 0.717) is 12.1 Å². The van der Waals surface area contributed by atoms with Crippen molar-refractivity contribution in [3.63, 3.8) is 0 Å². The minimum absolute atomic E-state index is 0.431. The minimum atomic E-state index is 0.431. The van der Waals surface area contributed by atoms with Gasteiger partial charge in [0, 0.05) is 22.1 Å². The Hall–Kier alpha value is -0.250. The summed E-state index contributed by atoms with van der Waals surface area (Å²) in [5.41, 5.74) is 1.06. The highest BCUT2D eigenvalue weighted by Crippen LogP contribution is 2.31. The molecule has 16 heavy (non-hydrogen) atoms. The highest BCUT2D eigenvalue weighted by Gasteiger charge is 2.29. The summed E-state index contributed by atoms with van der Waals surface area (Å²) < 4.78 is 6.57. The third kappa shape index (κ3) is 2.90. The molecule has 1 N–H and O–H groups in total. The zero-order valence-corrected chi connectivity index (χ0v) is 11.5. The lowest BCUT2D eigenvalue weighted by Crippen LogP contribution is -2.40. The summed E-state index contributed by atoms with van der Waals surface area (Å²) in [4.78, 5) is 0. The van der Waals surface area contributed by atoms with Gasteiger partial charge in [-0.2, -0.15) is 0 Å². The van der Waals surface area contributed by atoms with Crippen LogP contribution in [0.1, 0.15) is 19.8 Å². The molecule has 0 saturated heterocycles. The van der Waals surface area contributed by atoms with E-state index in [1.165, 1.54) is 0 Å². The van der Waals surface area contributed by atoms with Crippen LogP contribution in [-0.2, 0) is 4.74 Å². The van der Waals surface area contributed by atoms with Crippen LogP contribution in [0, 0.1) is 0 Å². The highest BCUT2D eigenvalue weighted by atomic mass is 79.9. The van der Waals surface area contributed by atoms with Gasteiger partial charge in [0.15, 0.2) is 0 Å². The predicted octanol–water partition coefficient (Wildman–Crippen LogP) is 4.08. The monoisotopic (exact) mass is 303 g/mol. The van der Waals surface area contributed by atoms with E-state index >= 15 is 0 Å². The van der Waals surface area contributed by atoms with Crippen LogP contribution in [0.5, 0.6) is 0 Å². The first-order chi connectivity index (χ1) is 7.69. The van der Waals surface area contributed by atoms with Crippen molar-refractivity contribution in [2.75, 3.05) is 11.9 Å². The summed E-state index contributed by atoms with van der Waals surface area (Å²) in [6.45, 7) is 2.84. The van der Waals surface area contributed by atoms with Crippen LogP contribution < -0.4 is 5.32 Å². The second-order valence-electron chi connectivity index (χ2n) is 4.01. The fourth-order valence-electron chi connectivity index (χ4n) is 1.88. The topological polar surface area (TPSA) is 21.3 Å². The molecule has 2 nitrogen and oxygen atoms in total. The molecule has 0 heterocycles. The van der Waals surface area contributed by atoms with Crippen molar-refractivity contribution >= 4 is 33.2 Å². The van der Waals surface area contributed by atoms with Gasteiger partial charge in [-0.05, 0) is 53.9 Å². The molecule has 1 aliphatic carbocycles. The van der Waals surface area contributed by atoms with Crippen molar-refractivity contribution in [3.8, 4) is 0 Å². The Labute approximate surface area is 109 Å². The van der Waals surface area contributed by atoms with Crippen LogP contribution in [0.3, 0.4) is 0 Å². The van der Waals surface area contributed by atoms with Crippen LogP contribution in [0.2, 0.25) is 5.02 Å². The number of hydrogen-bond acceptors (Lipinski definition) is 2. The Morgan fingerprint density at radius 1 is 1.50 bits per heavy atom. The van der Waals surface area contributed by atoms with Crippen LogP contribution >= 0.6 is 27.5 Å². The summed E-state index contributed by atoms with van der Waals surface area (Å²) in [5, 5.41) is 4.22. The van der Waals surface area contributed by atoms with Gasteiger partial charge in [-0.1, -0.05) is 11.6 Å². The van der Waals surface area contributed by atoms with E-state index in [-0.39, 0.29) is 0 Å². The van der Waals surface area contributed by atoms with Gasteiger partial charge in [0.1, 0.15) is 0 Å². The molecule has 4 heteroatoms. The molecule has 0 unspecified atom stereocenters. The lowest BCUT2D eigenvalue weighted by atomic mass is 9.89. The van der Waals surface area contributed by atoms with E-state index in [4.69, 9.17) is 16.3 Å². The van der Waals surface area contributed by atoms with Crippen molar-refractivity contribution < 1.29 is 4.74 Å². The summed E-state index contributed by atoms with van der Waals surface area (Å²) >= 11 is 9.46. The Kier molecular flexibility index (Phi) is 4.11. The molecular formula is C12H15BrClNO. The number of ether oxygens (including phenoxy) is 1. The zero-order chi connectivity index (χ0) is 11.5. The smallest absolute Gasteiger partial charge is 0.0614 e. The summed E-state index contributed by atoms with van der Waals surface area (Å²) in [7, 11) is 0. The molecule has 0 aromatic heterocycles. The highest BCUT2D eigenvalue weighted by molar-refractivity contribution is 9.10. The van der Waals surface area contributed by atoms with Gasteiger partial charge in [0.2, 0.25) is 0 Å². The number of anilines is 1. The maximum Gasteiger partial charge on any atom is 0.0614 e. The molecule has 1 fully saturated rings. The Balaban J connectivity index is 1.89. The first-order valence-electron chi connectivity index (χ1n) is 5.52. The SMILES string of the molecule is CCOC1CC(Nc2cc(Cl)ccc2Br)C1. The number of halogens is 2. The van der Waals surface area contributed by atoms with Crippen LogP contribution in [0.25, 0.3) is 0 Å². The summed E-state index contributed by atoms with van der Waals surface area (Å²) in [6.07, 6.45) is 2.58. The van der Waals surface area contributed by atoms with E-state index in [1.807, 2.05) is 25.1 Å². The molecule has 0 bridgehead atoms. The largest absolute Gasteiger partial charge is 0.381 e. The van der Waals surface area contributed by atoms with Crippen molar-refractivity contribution in [3.05, 3.63) is 27.7 Å². The fraction of sp³-hybridized carbons (Fsp3) is 0.500. The molecule has 0 aliphatic heterocycles. The molecule has 1 aromatic rings. The maximum absolute atomic E-state index is 5.95. The van der Waals surface area contributed by atoms with Crippen molar-refractivity contribution in [2.45, 2.75) is 31.9 Å². The number of rotatable bonds is 4. The van der Waals surface area contributed by atoms with E-state index in [1.54, 1.807) is 0 Å². The molecule has 0 spiro atoms. The first kappa shape index (κ1) is 12.2. The van der Waals surface area contributed by atoms with Gasteiger partial charge in [0.25, 0.3) is 0 Å². The quantitative estimate of drug-likeness (QED) is 0.905. The second kappa shape index (κ2) is 5.39. The third-order valence-electron chi connectivity index (χ3n) is 2.79. The van der Waals surface area contributed by atoms with Crippen LogP contribution in [0.4, 0.5) is 5.69 Å². The second-order valence-corrected chi connectivity index (χ2v) is 5.30. The number of benzene rings is 1. The van der Waals surface area contributed by atoms with Crippen molar-refractivity contribution in [2.24, 2.45) is 0 Å². The molecule has 1 saturated carbocycles. The third-order valence-corrected chi connectivity index (χ3v) is 3.71. The predicted molar refractivity (Wildman–Crippen MR) is 71.2 cm³/mol. The first-order valence-corrected chi connectivity index (χ1v) is 6.69. The lowest BCUT2D eigenvalue weighted by Gasteiger charge is -2.36. The van der Waals surface area contributed by atoms with Gasteiger partial charge in [-0.15, -0.1) is 0 Å². The van der Waals surface area contributed by atoms with E-state index < -0.39 is 0 Å². The molecule has 88 valence electrons. The standard InChI is InChI=1S/C12H15BrClNO/c1-2-16-10-6-9(7-10)15-12-5-8(14)3-4-11(12)13/h3-5,9-10,15H,2,6-7H2,1H3. The zero-order valence-electron chi connectivity index (χ0n) is 9.17. The molecule has 0 radical (unpaired) electrons. The Morgan fingerprint density at radius 2 is 2.25 bits per heavy atom. The van der Waals surface area contributed by atoms with E-state index in [9.17, 15) is 0 Å². The lowest BCUT2D eigenvalue weighted by molar-refractivity contribution is 0.00298. The molecular weight excluding hydrogens is 289 g/mol. The van der Waals surface area contributed by atoms with Gasteiger partial charge < -0.3 is 10.1 Å². The number of nitrogens with one attached hydrogen (secondary N) is 1. The summed E-state index contributed by atoms with van der Waals surface area (Å²) in [5.74, 6) is 0. The van der Waals surface area contributed by atoms with Crippen LogP contribution in [-0.4, -0.2) is 18.8 Å². The Bertz CT molecular complexity index is 366. The summed E-state index contributed by atoms with van der Waals surface area (Å²) in [6, 6.07) is 6.29. The van der Waals surface area contributed by atoms with Crippen LogP contribution in [0.15, 0.2) is 22.7 Å². The molecule has 1 aromatic carbocycles. The average Bonchev–Trinajstić information content (AvgIpc) is 2.20. The van der Waals surface area contributed by atoms with E-state index in [2.05, 4.69) is 21.2 Å². The normalized spacial score (nSPS) is 23.9.